The van der Waals surface area contributed by atoms with Crippen LogP contribution in [0.15, 0.2) is 46.6 Å². The minimum Gasteiger partial charge on any atom is -0.504 e. The van der Waals surface area contributed by atoms with E-state index >= 15 is 0 Å². The molecule has 0 aromatic heterocycles. The van der Waals surface area contributed by atoms with Gasteiger partial charge >= 0.3 is 0 Å². The molecule has 162 valence electrons. The Kier molecular flexibility index (Phi) is 7.29. The molecule has 7 heteroatoms. The molecule has 2 aromatic rings. The summed E-state index contributed by atoms with van der Waals surface area (Å²) in [4.78, 5) is 0. The molecule has 0 radical (unpaired) electrons. The molecule has 1 aliphatic heterocycles. The van der Waals surface area contributed by atoms with Gasteiger partial charge in [-0.2, -0.15) is 10.2 Å². The van der Waals surface area contributed by atoms with Gasteiger partial charge in [0.1, 0.15) is 5.71 Å². The molecule has 3 rings (SSSR count). The summed E-state index contributed by atoms with van der Waals surface area (Å²) in [6, 6.07) is 11.2. The van der Waals surface area contributed by atoms with Crippen LogP contribution in [0.1, 0.15) is 42.0 Å². The van der Waals surface area contributed by atoms with Crippen molar-refractivity contribution in [3.8, 4) is 17.6 Å². The number of benzene rings is 2. The molecule has 0 fully saturated rings. The lowest BCUT2D eigenvalue weighted by molar-refractivity contribution is 0.0661. The average molecular weight is 421 g/mol. The van der Waals surface area contributed by atoms with Gasteiger partial charge in [0.05, 0.1) is 17.0 Å². The molecule has 1 atom stereocenters. The van der Waals surface area contributed by atoms with Gasteiger partial charge in [0, 0.05) is 18.7 Å². The van der Waals surface area contributed by atoms with Crippen molar-refractivity contribution in [1.82, 2.24) is 5.01 Å². The van der Waals surface area contributed by atoms with Crippen molar-refractivity contribution in [3.05, 3.63) is 58.7 Å². The summed E-state index contributed by atoms with van der Waals surface area (Å²) in [5, 5.41) is 40.2. The van der Waals surface area contributed by atoms with Crippen LogP contribution in [0.5, 0.6) is 5.75 Å². The maximum absolute atomic E-state index is 10.6. The molecule has 31 heavy (non-hydrogen) atoms. The smallest absolute Gasteiger partial charge is 0.189 e. The van der Waals surface area contributed by atoms with E-state index in [4.69, 9.17) is 5.11 Å². The molecule has 4 N–H and O–H groups in total. The minimum absolute atomic E-state index is 0.00697. The Morgan fingerprint density at radius 1 is 1.06 bits per heavy atom. The van der Waals surface area contributed by atoms with Gasteiger partial charge in [0.25, 0.3) is 0 Å². The number of phenolic OH excluding ortho intramolecular Hbond substituents is 1. The molecule has 0 saturated carbocycles. The van der Waals surface area contributed by atoms with Crippen molar-refractivity contribution < 1.29 is 15.3 Å². The summed E-state index contributed by atoms with van der Waals surface area (Å²) < 4.78 is 0. The first kappa shape index (κ1) is 22.3. The summed E-state index contributed by atoms with van der Waals surface area (Å²) in [5.41, 5.74) is 7.79. The number of unbranched alkanes of at least 4 members (excludes halogenated alkanes) is 1. The lowest BCUT2D eigenvalue weighted by atomic mass is 10.0. The van der Waals surface area contributed by atoms with Gasteiger partial charge in [-0.05, 0) is 56.9 Å². The van der Waals surface area contributed by atoms with E-state index in [0.29, 0.717) is 42.1 Å². The van der Waals surface area contributed by atoms with Gasteiger partial charge in [-0.1, -0.05) is 36.1 Å². The van der Waals surface area contributed by atoms with Gasteiger partial charge in [-0.15, -0.1) is 0 Å². The van der Waals surface area contributed by atoms with Gasteiger partial charge in [0.2, 0.25) is 0 Å². The van der Waals surface area contributed by atoms with Crippen molar-refractivity contribution >= 4 is 17.1 Å². The molecule has 2 aromatic carbocycles. The first-order valence-electron chi connectivity index (χ1n) is 10.3. The summed E-state index contributed by atoms with van der Waals surface area (Å²) in [6.07, 6.45) is 0.388. The summed E-state index contributed by atoms with van der Waals surface area (Å²) in [7, 11) is 0. The van der Waals surface area contributed by atoms with Crippen molar-refractivity contribution in [2.24, 2.45) is 10.2 Å². The monoisotopic (exact) mass is 420 g/mol. The Bertz CT molecular complexity index is 1050. The summed E-state index contributed by atoms with van der Waals surface area (Å²) >= 11 is 0. The third kappa shape index (κ3) is 5.23. The molecule has 1 unspecified atom stereocenters. The largest absolute Gasteiger partial charge is 0.504 e. The molecular weight excluding hydrogens is 392 g/mol. The third-order valence-electron chi connectivity index (χ3n) is 5.11. The normalized spacial score (nSPS) is 16.8. The van der Waals surface area contributed by atoms with E-state index in [2.05, 4.69) is 27.5 Å². The Balaban J connectivity index is 1.77. The molecule has 0 saturated heterocycles. The highest BCUT2D eigenvalue weighted by Gasteiger charge is 2.29. The van der Waals surface area contributed by atoms with Crippen molar-refractivity contribution in [2.75, 3.05) is 18.6 Å². The first-order valence-corrected chi connectivity index (χ1v) is 10.3. The number of hydrazone groups is 2. The van der Waals surface area contributed by atoms with Crippen LogP contribution < -0.4 is 5.43 Å². The predicted octanol–water partition coefficient (Wildman–Crippen LogP) is 2.96. The van der Waals surface area contributed by atoms with Crippen LogP contribution in [-0.2, 0) is 0 Å². The number of hydrogen-bond acceptors (Lipinski definition) is 7. The maximum atomic E-state index is 10.6. The highest BCUT2D eigenvalue weighted by molar-refractivity contribution is 6.44. The Labute approximate surface area is 182 Å². The van der Waals surface area contributed by atoms with E-state index in [1.165, 1.54) is 5.01 Å². The predicted molar refractivity (Wildman–Crippen MR) is 123 cm³/mol. The second kappa shape index (κ2) is 10.1. The van der Waals surface area contributed by atoms with Crippen LogP contribution in [0.4, 0.5) is 5.69 Å². The fraction of sp³-hybridized carbons (Fsp3) is 0.333. The number of phenols is 1. The van der Waals surface area contributed by atoms with E-state index in [9.17, 15) is 10.2 Å². The Hall–Kier alpha value is -3.34. The Morgan fingerprint density at radius 3 is 2.48 bits per heavy atom. The zero-order chi connectivity index (χ0) is 22.4. The number of nitrogens with zero attached hydrogens (tertiary/aromatic N) is 3. The molecule has 0 spiro atoms. The van der Waals surface area contributed by atoms with Gasteiger partial charge < -0.3 is 15.3 Å². The van der Waals surface area contributed by atoms with E-state index in [1.807, 2.05) is 32.0 Å². The van der Waals surface area contributed by atoms with E-state index < -0.39 is 6.23 Å². The highest BCUT2D eigenvalue weighted by Crippen LogP contribution is 2.27. The first-order chi connectivity index (χ1) is 14.9. The van der Waals surface area contributed by atoms with E-state index in [-0.39, 0.29) is 12.4 Å². The number of para-hydroxylation sites is 1. The van der Waals surface area contributed by atoms with Gasteiger partial charge in [0.15, 0.2) is 12.0 Å². The van der Waals surface area contributed by atoms with Crippen LogP contribution in [-0.4, -0.2) is 51.1 Å². The number of anilines is 1. The molecular formula is C24H28N4O3. The quantitative estimate of drug-likeness (QED) is 0.249. The van der Waals surface area contributed by atoms with E-state index in [1.54, 1.807) is 25.1 Å². The lowest BCUT2D eigenvalue weighted by Crippen LogP contribution is -2.34. The van der Waals surface area contributed by atoms with Crippen LogP contribution in [0.2, 0.25) is 0 Å². The topological polar surface area (TPSA) is 101 Å². The zero-order valence-corrected chi connectivity index (χ0v) is 18.1. The molecule has 0 amide bonds. The average Bonchev–Trinajstić information content (AvgIpc) is 3.01. The van der Waals surface area contributed by atoms with Crippen LogP contribution in [0.3, 0.4) is 0 Å². The van der Waals surface area contributed by atoms with E-state index in [0.717, 1.165) is 16.7 Å². The number of aryl methyl sites for hydroxylation is 2. The van der Waals surface area contributed by atoms with Crippen molar-refractivity contribution in [2.45, 2.75) is 39.8 Å². The van der Waals surface area contributed by atoms with Crippen LogP contribution in [0, 0.1) is 25.7 Å². The van der Waals surface area contributed by atoms with Gasteiger partial charge in [-0.3, -0.25) is 10.4 Å². The molecule has 7 nitrogen and oxygen atoms in total. The number of aromatic hydroxyl groups is 1. The number of aliphatic hydroxyl groups excluding tert-OH is 2. The Morgan fingerprint density at radius 2 is 1.77 bits per heavy atom. The second-order valence-electron chi connectivity index (χ2n) is 7.48. The molecule has 0 bridgehead atoms. The second-order valence-corrected chi connectivity index (χ2v) is 7.48. The zero-order valence-electron chi connectivity index (χ0n) is 18.1. The summed E-state index contributed by atoms with van der Waals surface area (Å²) in [6.45, 7) is 6.41. The maximum Gasteiger partial charge on any atom is 0.189 e. The standard InChI is InChI=1S/C24H28N4O3/c1-16-8-6-9-17(2)20(16)13-12-19-10-7-11-21(23(19)30)25-26-22-18(3)27-28(24(22)31)14-4-5-15-29/h6-11,24-25,29-31H,4-5,14-15H2,1-3H3/b26-22-. The molecule has 1 aliphatic rings. The van der Waals surface area contributed by atoms with Crippen LogP contribution in [0.25, 0.3) is 0 Å². The summed E-state index contributed by atoms with van der Waals surface area (Å²) in [5.74, 6) is 6.19. The van der Waals surface area contributed by atoms with Crippen molar-refractivity contribution in [3.63, 3.8) is 0 Å². The number of nitrogens with one attached hydrogen (secondary N) is 1. The lowest BCUT2D eigenvalue weighted by Gasteiger charge is -2.18. The van der Waals surface area contributed by atoms with Gasteiger partial charge in [-0.25, -0.2) is 0 Å². The minimum atomic E-state index is -0.972. The number of aliphatic hydroxyl groups is 2. The highest BCUT2D eigenvalue weighted by atomic mass is 16.3. The molecule has 0 aliphatic carbocycles. The fourth-order valence-corrected chi connectivity index (χ4v) is 3.32. The number of rotatable bonds is 6. The molecule has 1 heterocycles. The van der Waals surface area contributed by atoms with Crippen molar-refractivity contribution in [1.29, 1.82) is 0 Å². The third-order valence-corrected chi connectivity index (χ3v) is 5.11. The number of hydrogen-bond donors (Lipinski definition) is 4. The fourth-order valence-electron chi connectivity index (χ4n) is 3.32. The van der Waals surface area contributed by atoms with Crippen LogP contribution >= 0.6 is 0 Å². The SMILES string of the molecule is CC1=NN(CCCCO)C(O)/C1=N\Nc1cccc(C#Cc2c(C)cccc2C)c1O.